The molecule has 1 atom stereocenters. The molecule has 0 spiro atoms. The van der Waals surface area contributed by atoms with Gasteiger partial charge in [0.25, 0.3) is 5.91 Å². The fourth-order valence-corrected chi connectivity index (χ4v) is 3.91. The number of aliphatic carboxylic acids is 1. The first-order valence-corrected chi connectivity index (χ1v) is 10.3. The van der Waals surface area contributed by atoms with Crippen LogP contribution >= 0.6 is 11.8 Å². The summed E-state index contributed by atoms with van der Waals surface area (Å²) in [6.45, 7) is 0. The number of carboxylic acid groups (broad SMARTS) is 1. The van der Waals surface area contributed by atoms with Crippen LogP contribution in [0.3, 0.4) is 0 Å². The van der Waals surface area contributed by atoms with Gasteiger partial charge in [-0.25, -0.2) is 14.2 Å². The maximum atomic E-state index is 13.3. The fourth-order valence-electron chi connectivity index (χ4n) is 2.95. The van der Waals surface area contributed by atoms with Gasteiger partial charge >= 0.3 is 5.97 Å². The number of thioether (sulfide) groups is 1. The van der Waals surface area contributed by atoms with Crippen molar-refractivity contribution in [2.75, 3.05) is 5.75 Å². The fraction of sp³-hybridized carbons (Fsp3) is 0.0909. The third kappa shape index (κ3) is 4.89. The lowest BCUT2D eigenvalue weighted by atomic mass is 10.2. The average molecular weight is 436 g/mol. The third-order valence-electron chi connectivity index (χ3n) is 4.51. The zero-order valence-electron chi connectivity index (χ0n) is 16.1. The Balaban J connectivity index is 1.48. The number of imidazole rings is 1. The van der Waals surface area contributed by atoms with Crippen molar-refractivity contribution in [3.05, 3.63) is 78.4 Å². The number of carboxylic acids is 1. The van der Waals surface area contributed by atoms with Crippen LogP contribution in [0.2, 0.25) is 0 Å². The summed E-state index contributed by atoms with van der Waals surface area (Å²) in [5.41, 5.74) is 2.50. The molecule has 7 nitrogen and oxygen atoms in total. The highest BCUT2D eigenvalue weighted by molar-refractivity contribution is 7.99. The Morgan fingerprint density at radius 1 is 1.13 bits per heavy atom. The maximum Gasteiger partial charge on any atom is 0.327 e. The first-order chi connectivity index (χ1) is 15.0. The maximum absolute atomic E-state index is 13.3. The van der Waals surface area contributed by atoms with Gasteiger partial charge < -0.3 is 15.4 Å². The van der Waals surface area contributed by atoms with Crippen molar-refractivity contribution in [3.63, 3.8) is 0 Å². The molecule has 0 aliphatic carbocycles. The van der Waals surface area contributed by atoms with E-state index in [0.29, 0.717) is 27.3 Å². The molecule has 1 amide bonds. The summed E-state index contributed by atoms with van der Waals surface area (Å²) in [6.07, 6.45) is 3.32. The molecule has 0 unspecified atom stereocenters. The molecule has 2 aromatic carbocycles. The van der Waals surface area contributed by atoms with E-state index in [9.17, 15) is 19.1 Å². The van der Waals surface area contributed by atoms with Crippen molar-refractivity contribution in [2.45, 2.75) is 10.9 Å². The molecule has 4 rings (SSSR count). The molecule has 0 aliphatic rings. The molecule has 9 heteroatoms. The minimum atomic E-state index is -1.17. The van der Waals surface area contributed by atoms with Gasteiger partial charge in [0.15, 0.2) is 0 Å². The Morgan fingerprint density at radius 2 is 1.94 bits per heavy atom. The number of nitrogens with zero attached hydrogens (tertiary/aromatic N) is 2. The molecule has 0 saturated heterocycles. The molecular formula is C22H17FN4O3S. The Morgan fingerprint density at radius 3 is 2.68 bits per heavy atom. The topological polar surface area (TPSA) is 108 Å². The van der Waals surface area contributed by atoms with Crippen LogP contribution in [0.4, 0.5) is 4.39 Å². The molecule has 2 aromatic heterocycles. The number of halogens is 1. The van der Waals surface area contributed by atoms with Gasteiger partial charge in [0.05, 0.1) is 11.0 Å². The Hall–Kier alpha value is -3.72. The van der Waals surface area contributed by atoms with Gasteiger partial charge in [-0.1, -0.05) is 6.07 Å². The summed E-state index contributed by atoms with van der Waals surface area (Å²) in [5.74, 6) is -1.39. The Kier molecular flexibility index (Phi) is 5.94. The van der Waals surface area contributed by atoms with Crippen LogP contribution in [0.15, 0.2) is 71.9 Å². The van der Waals surface area contributed by atoms with Crippen LogP contribution in [0.25, 0.3) is 22.4 Å². The normalized spacial score (nSPS) is 11.9. The van der Waals surface area contributed by atoms with Crippen LogP contribution in [0, 0.1) is 5.82 Å². The van der Waals surface area contributed by atoms with E-state index < -0.39 is 23.7 Å². The number of benzene rings is 2. The standard InChI is InChI=1S/C22H17FN4O3S/c23-15-2-1-3-16(11-15)31-12-19(22(29)30)27-21(28)14-4-5-17-18(10-14)26-20(25-17)13-6-8-24-9-7-13/h1-11,19H,12H2,(H,25,26)(H,27,28)(H,29,30)/t19-/m0/s1. The largest absolute Gasteiger partial charge is 0.480 e. The number of pyridine rings is 1. The monoisotopic (exact) mass is 436 g/mol. The van der Waals surface area contributed by atoms with Crippen LogP contribution in [-0.4, -0.2) is 43.7 Å². The van der Waals surface area contributed by atoms with E-state index in [4.69, 9.17) is 0 Å². The van der Waals surface area contributed by atoms with E-state index in [2.05, 4.69) is 20.3 Å². The predicted molar refractivity (Wildman–Crippen MR) is 115 cm³/mol. The molecule has 0 radical (unpaired) electrons. The van der Waals surface area contributed by atoms with E-state index in [1.54, 1.807) is 42.7 Å². The van der Waals surface area contributed by atoms with Crippen LogP contribution in [0.1, 0.15) is 10.4 Å². The number of aromatic amines is 1. The first-order valence-electron chi connectivity index (χ1n) is 9.32. The second kappa shape index (κ2) is 8.97. The summed E-state index contributed by atoms with van der Waals surface area (Å²) in [5, 5.41) is 12.0. The average Bonchev–Trinajstić information content (AvgIpc) is 3.20. The molecule has 0 aliphatic heterocycles. The number of H-pyrrole nitrogens is 1. The molecule has 3 N–H and O–H groups in total. The van der Waals surface area contributed by atoms with Crippen molar-refractivity contribution in [3.8, 4) is 11.4 Å². The number of aromatic nitrogens is 3. The second-order valence-corrected chi connectivity index (χ2v) is 7.78. The summed E-state index contributed by atoms with van der Waals surface area (Å²) in [4.78, 5) is 36.5. The van der Waals surface area contributed by atoms with Gasteiger partial charge in [-0.05, 0) is 48.5 Å². The van der Waals surface area contributed by atoms with Crippen LogP contribution in [0.5, 0.6) is 0 Å². The number of carbonyl (C=O) groups excluding carboxylic acids is 1. The van der Waals surface area contributed by atoms with E-state index in [1.165, 1.54) is 12.1 Å². The SMILES string of the molecule is O=C(N[C@@H](CSc1cccc(F)c1)C(=O)O)c1ccc2nc(-c3ccncc3)[nH]c2c1. The smallest absolute Gasteiger partial charge is 0.327 e. The number of amides is 1. The zero-order valence-corrected chi connectivity index (χ0v) is 16.9. The highest BCUT2D eigenvalue weighted by atomic mass is 32.2. The highest BCUT2D eigenvalue weighted by Gasteiger charge is 2.21. The Bertz CT molecular complexity index is 1250. The summed E-state index contributed by atoms with van der Waals surface area (Å²) in [7, 11) is 0. The van der Waals surface area contributed by atoms with Crippen molar-refractivity contribution in [1.82, 2.24) is 20.3 Å². The quantitative estimate of drug-likeness (QED) is 0.381. The molecule has 4 aromatic rings. The Labute approximate surface area is 180 Å². The third-order valence-corrected chi connectivity index (χ3v) is 5.60. The lowest BCUT2D eigenvalue weighted by Gasteiger charge is -2.14. The molecule has 2 heterocycles. The van der Waals surface area contributed by atoms with Gasteiger partial charge in [-0.2, -0.15) is 0 Å². The molecule has 0 fully saturated rings. The zero-order chi connectivity index (χ0) is 21.8. The van der Waals surface area contributed by atoms with Crippen molar-refractivity contribution in [2.24, 2.45) is 0 Å². The van der Waals surface area contributed by atoms with Crippen molar-refractivity contribution in [1.29, 1.82) is 0 Å². The number of nitrogens with one attached hydrogen (secondary N) is 2. The lowest BCUT2D eigenvalue weighted by molar-refractivity contribution is -0.138. The van der Waals surface area contributed by atoms with E-state index >= 15 is 0 Å². The van der Waals surface area contributed by atoms with Crippen molar-refractivity contribution >= 4 is 34.7 Å². The molecule has 0 saturated carbocycles. The second-order valence-electron chi connectivity index (χ2n) is 6.69. The summed E-state index contributed by atoms with van der Waals surface area (Å²) >= 11 is 1.15. The number of carbonyl (C=O) groups is 2. The van der Waals surface area contributed by atoms with E-state index in [0.717, 1.165) is 17.3 Å². The van der Waals surface area contributed by atoms with Gasteiger partial charge in [0, 0.05) is 34.2 Å². The van der Waals surface area contributed by atoms with Crippen molar-refractivity contribution < 1.29 is 19.1 Å². The lowest BCUT2D eigenvalue weighted by Crippen LogP contribution is -2.42. The van der Waals surface area contributed by atoms with Gasteiger partial charge in [0.1, 0.15) is 17.7 Å². The number of hydrogen-bond donors (Lipinski definition) is 3. The number of rotatable bonds is 7. The summed E-state index contributed by atoms with van der Waals surface area (Å²) in [6, 6.07) is 13.3. The minimum Gasteiger partial charge on any atom is -0.480 e. The molecule has 156 valence electrons. The number of hydrogen-bond acceptors (Lipinski definition) is 5. The van der Waals surface area contributed by atoms with E-state index in [1.807, 2.05) is 12.1 Å². The molecule has 31 heavy (non-hydrogen) atoms. The summed E-state index contributed by atoms with van der Waals surface area (Å²) < 4.78 is 13.3. The van der Waals surface area contributed by atoms with Gasteiger partial charge in [-0.3, -0.25) is 9.78 Å². The molecular weight excluding hydrogens is 419 g/mol. The first kappa shape index (κ1) is 20.5. The van der Waals surface area contributed by atoms with Crippen LogP contribution < -0.4 is 5.32 Å². The van der Waals surface area contributed by atoms with Gasteiger partial charge in [-0.15, -0.1) is 11.8 Å². The minimum absolute atomic E-state index is 0.0586. The van der Waals surface area contributed by atoms with Crippen LogP contribution in [-0.2, 0) is 4.79 Å². The number of fused-ring (bicyclic) bond motifs is 1. The predicted octanol–water partition coefficient (Wildman–Crippen LogP) is 3.74. The highest BCUT2D eigenvalue weighted by Crippen LogP contribution is 2.22. The van der Waals surface area contributed by atoms with E-state index in [-0.39, 0.29) is 5.75 Å². The molecule has 0 bridgehead atoms. The van der Waals surface area contributed by atoms with Gasteiger partial charge in [0.2, 0.25) is 0 Å².